The smallest absolute Gasteiger partial charge is 0.337 e. The molecule has 6 rings (SSSR count). The molecular weight excluding hydrogens is 388 g/mol. The van der Waals surface area contributed by atoms with E-state index in [1.54, 1.807) is 24.3 Å². The fraction of sp³-hybridized carbons (Fsp3) is 0.696. The lowest BCUT2D eigenvalue weighted by Gasteiger charge is -2.60. The first-order valence-electron chi connectivity index (χ1n) is 10.9. The number of hydrogen-bond acceptors (Lipinski definition) is 7. The van der Waals surface area contributed by atoms with Crippen molar-refractivity contribution in [2.24, 2.45) is 23.7 Å². The largest absolute Gasteiger partial charge is 0.465 e. The normalized spacial score (nSPS) is 44.7. The Labute approximate surface area is 176 Å². The van der Waals surface area contributed by atoms with Gasteiger partial charge in [0.1, 0.15) is 5.75 Å². The van der Waals surface area contributed by atoms with Crippen molar-refractivity contribution < 1.29 is 33.5 Å². The van der Waals surface area contributed by atoms with Crippen molar-refractivity contribution in [3.63, 3.8) is 0 Å². The van der Waals surface area contributed by atoms with Crippen LogP contribution in [0.4, 0.5) is 0 Å². The summed E-state index contributed by atoms with van der Waals surface area (Å²) in [4.78, 5) is 23.7. The molecule has 4 heterocycles. The molecule has 1 aromatic rings. The topological polar surface area (TPSA) is 72.5 Å². The van der Waals surface area contributed by atoms with Crippen LogP contribution in [0, 0.1) is 23.7 Å². The van der Waals surface area contributed by atoms with E-state index >= 15 is 0 Å². The first-order chi connectivity index (χ1) is 14.4. The number of hydrogen-bond donors (Lipinski definition) is 0. The molecule has 0 aromatic heterocycles. The van der Waals surface area contributed by atoms with E-state index < -0.39 is 24.0 Å². The van der Waals surface area contributed by atoms with Crippen LogP contribution in [0.1, 0.15) is 56.8 Å². The summed E-state index contributed by atoms with van der Waals surface area (Å²) >= 11 is 0. The van der Waals surface area contributed by atoms with E-state index in [1.165, 1.54) is 7.11 Å². The van der Waals surface area contributed by atoms with Crippen molar-refractivity contribution in [2.45, 2.75) is 70.4 Å². The summed E-state index contributed by atoms with van der Waals surface area (Å²) in [7, 11) is 1.37. The molecule has 1 spiro atoms. The molecule has 0 N–H and O–H groups in total. The molecule has 4 saturated heterocycles. The van der Waals surface area contributed by atoms with Crippen LogP contribution in [0.25, 0.3) is 0 Å². The van der Waals surface area contributed by atoms with Gasteiger partial charge in [-0.2, -0.15) is 0 Å². The molecule has 0 amide bonds. The van der Waals surface area contributed by atoms with Crippen LogP contribution in [0.2, 0.25) is 0 Å². The molecule has 0 radical (unpaired) electrons. The highest BCUT2D eigenvalue weighted by molar-refractivity contribution is 5.89. The summed E-state index contributed by atoms with van der Waals surface area (Å²) in [5, 5.41) is 0. The molecule has 1 saturated carbocycles. The Kier molecular flexibility index (Phi) is 4.85. The molecule has 7 heteroatoms. The SMILES string of the molecule is COC(=O)c1ccc(O[C@@H]2O[C@@H]3O[C@@]4(C)CC[C@H]5[C@H](C)CC[C@@H]([C@H]2C)[C@@]35OO4)cc1. The maximum absolute atomic E-state index is 11.7. The van der Waals surface area contributed by atoms with Crippen LogP contribution < -0.4 is 4.74 Å². The van der Waals surface area contributed by atoms with E-state index in [0.717, 1.165) is 25.7 Å². The second-order valence-corrected chi connectivity index (χ2v) is 9.41. The Morgan fingerprint density at radius 1 is 1.07 bits per heavy atom. The van der Waals surface area contributed by atoms with Gasteiger partial charge in [-0.15, -0.1) is 0 Å². The monoisotopic (exact) mass is 418 g/mol. The van der Waals surface area contributed by atoms with Gasteiger partial charge < -0.3 is 18.9 Å². The van der Waals surface area contributed by atoms with Gasteiger partial charge >= 0.3 is 5.97 Å². The fourth-order valence-electron chi connectivity index (χ4n) is 5.93. The van der Waals surface area contributed by atoms with Gasteiger partial charge in [-0.25, -0.2) is 14.6 Å². The molecule has 1 aromatic carbocycles. The standard InChI is InChI=1S/C23H30O7/c1-13-5-10-18-14(2)20(26-16-8-6-15(7-9-16)19(24)25-4)27-21-23(18)17(13)11-12-22(3,28-21)29-30-23/h6-9,13-14,17-18,20-21H,5,10-12H2,1-4H3/t13-,14-,17+,18+,20-,21-,22-,23-/m1/s1. The molecule has 4 aliphatic heterocycles. The van der Waals surface area contributed by atoms with Gasteiger partial charge in [0.05, 0.1) is 12.7 Å². The molecular formula is C23H30O7. The summed E-state index contributed by atoms with van der Waals surface area (Å²) in [6.45, 7) is 6.37. The zero-order valence-corrected chi connectivity index (χ0v) is 18.0. The van der Waals surface area contributed by atoms with Crippen molar-refractivity contribution in [1.82, 2.24) is 0 Å². The highest BCUT2D eigenvalue weighted by atomic mass is 17.3. The molecule has 0 unspecified atom stereocenters. The minimum Gasteiger partial charge on any atom is -0.465 e. The summed E-state index contributed by atoms with van der Waals surface area (Å²) in [6, 6.07) is 6.91. The average molecular weight is 418 g/mol. The van der Waals surface area contributed by atoms with Gasteiger partial charge in [-0.1, -0.05) is 13.8 Å². The lowest BCUT2D eigenvalue weighted by atomic mass is 9.58. The lowest BCUT2D eigenvalue weighted by molar-refractivity contribution is -0.575. The van der Waals surface area contributed by atoms with E-state index in [4.69, 9.17) is 28.7 Å². The highest BCUT2D eigenvalue weighted by Gasteiger charge is 2.69. The third kappa shape index (κ3) is 2.98. The van der Waals surface area contributed by atoms with Crippen LogP contribution in [0.15, 0.2) is 24.3 Å². The average Bonchev–Trinajstić information content (AvgIpc) is 2.98. The van der Waals surface area contributed by atoms with Crippen LogP contribution in [-0.2, 0) is 24.0 Å². The lowest BCUT2D eigenvalue weighted by Crippen LogP contribution is -2.70. The number of methoxy groups -OCH3 is 1. The van der Waals surface area contributed by atoms with Gasteiger partial charge in [0.25, 0.3) is 0 Å². The second kappa shape index (κ2) is 7.19. The number of fused-ring (bicyclic) bond motifs is 2. The van der Waals surface area contributed by atoms with Crippen molar-refractivity contribution in [3.8, 4) is 5.75 Å². The highest BCUT2D eigenvalue weighted by Crippen LogP contribution is 2.60. The second-order valence-electron chi connectivity index (χ2n) is 9.41. The number of rotatable bonds is 3. The van der Waals surface area contributed by atoms with E-state index in [1.807, 2.05) is 6.92 Å². The van der Waals surface area contributed by atoms with Crippen molar-refractivity contribution >= 4 is 5.97 Å². The Morgan fingerprint density at radius 2 is 1.83 bits per heavy atom. The summed E-state index contributed by atoms with van der Waals surface area (Å²) in [5.74, 6) is 0.611. The van der Waals surface area contributed by atoms with Gasteiger partial charge in [0.2, 0.25) is 12.1 Å². The predicted molar refractivity (Wildman–Crippen MR) is 105 cm³/mol. The Hall–Kier alpha value is -1.67. The van der Waals surface area contributed by atoms with Crippen LogP contribution >= 0.6 is 0 Å². The number of esters is 1. The molecule has 8 atom stereocenters. The summed E-state index contributed by atoms with van der Waals surface area (Å²) in [6.07, 6.45) is 2.94. The van der Waals surface area contributed by atoms with E-state index in [2.05, 4.69) is 13.8 Å². The van der Waals surface area contributed by atoms with Crippen LogP contribution in [0.3, 0.4) is 0 Å². The van der Waals surface area contributed by atoms with E-state index in [0.29, 0.717) is 23.1 Å². The van der Waals surface area contributed by atoms with Crippen molar-refractivity contribution in [3.05, 3.63) is 29.8 Å². The predicted octanol–water partition coefficient (Wildman–Crippen LogP) is 4.06. The minimum atomic E-state index is -0.801. The maximum Gasteiger partial charge on any atom is 0.337 e. The first-order valence-corrected chi connectivity index (χ1v) is 10.9. The first kappa shape index (κ1) is 20.2. The molecule has 1 aliphatic carbocycles. The van der Waals surface area contributed by atoms with Gasteiger partial charge in [0, 0.05) is 18.3 Å². The van der Waals surface area contributed by atoms with E-state index in [-0.39, 0.29) is 17.8 Å². The van der Waals surface area contributed by atoms with Gasteiger partial charge in [0.15, 0.2) is 11.9 Å². The number of carbonyl (C=O) groups excluding carboxylic acids is 1. The molecule has 2 bridgehead atoms. The Balaban J connectivity index is 1.42. The van der Waals surface area contributed by atoms with E-state index in [9.17, 15) is 4.79 Å². The maximum atomic E-state index is 11.7. The number of benzene rings is 1. The summed E-state index contributed by atoms with van der Waals surface area (Å²) < 4.78 is 23.8. The van der Waals surface area contributed by atoms with Crippen molar-refractivity contribution in [1.29, 1.82) is 0 Å². The summed E-state index contributed by atoms with van der Waals surface area (Å²) in [5.41, 5.74) is -0.116. The number of carbonyl (C=O) groups is 1. The minimum absolute atomic E-state index is 0.0891. The third-order valence-corrected chi connectivity index (χ3v) is 7.62. The quantitative estimate of drug-likeness (QED) is 0.541. The molecule has 5 aliphatic rings. The van der Waals surface area contributed by atoms with Gasteiger partial charge in [-0.3, -0.25) is 0 Å². The fourth-order valence-corrected chi connectivity index (χ4v) is 5.93. The number of ether oxygens (including phenoxy) is 4. The van der Waals surface area contributed by atoms with Crippen LogP contribution in [0.5, 0.6) is 5.75 Å². The molecule has 7 nitrogen and oxygen atoms in total. The molecule has 164 valence electrons. The molecule has 30 heavy (non-hydrogen) atoms. The Morgan fingerprint density at radius 3 is 2.57 bits per heavy atom. The zero-order chi connectivity index (χ0) is 21.1. The van der Waals surface area contributed by atoms with Crippen molar-refractivity contribution in [2.75, 3.05) is 7.11 Å². The van der Waals surface area contributed by atoms with Crippen LogP contribution in [-0.4, -0.2) is 37.0 Å². The Bertz CT molecular complexity index is 810. The molecule has 5 fully saturated rings. The zero-order valence-electron chi connectivity index (χ0n) is 18.0. The third-order valence-electron chi connectivity index (χ3n) is 7.62. The van der Waals surface area contributed by atoms with Gasteiger partial charge in [-0.05, 0) is 62.3 Å².